The first kappa shape index (κ1) is 12.7. The van der Waals surface area contributed by atoms with Gasteiger partial charge in [-0.2, -0.15) is 0 Å². The van der Waals surface area contributed by atoms with Crippen molar-refractivity contribution in [2.75, 3.05) is 12.4 Å². The molecule has 0 N–H and O–H groups in total. The maximum absolute atomic E-state index is 11.8. The first-order valence-corrected chi connectivity index (χ1v) is 7.15. The number of ether oxygens (including phenoxy) is 1. The zero-order valence-electron chi connectivity index (χ0n) is 9.37. The van der Waals surface area contributed by atoms with Crippen LogP contribution < -0.4 is 0 Å². The van der Waals surface area contributed by atoms with Crippen molar-refractivity contribution in [3.8, 4) is 0 Å². The van der Waals surface area contributed by atoms with E-state index < -0.39 is 10.8 Å². The predicted octanol–water partition coefficient (Wildman–Crippen LogP) is 2.02. The lowest BCUT2D eigenvalue weighted by atomic mass is 10.0. The maximum atomic E-state index is 11.8. The van der Waals surface area contributed by atoms with Crippen LogP contribution in [0.15, 0.2) is 0 Å². The summed E-state index contributed by atoms with van der Waals surface area (Å²) in [7, 11) is -0.831. The molecule has 0 radical (unpaired) electrons. The highest BCUT2D eigenvalue weighted by molar-refractivity contribution is 7.85. The summed E-state index contributed by atoms with van der Waals surface area (Å²) in [6, 6.07) is 0. The van der Waals surface area contributed by atoms with Crippen LogP contribution in [0, 0.1) is 0 Å². The molecule has 1 aliphatic rings. The summed E-state index contributed by atoms with van der Waals surface area (Å²) in [5.41, 5.74) is 0. The molecule has 0 aromatic rings. The van der Waals surface area contributed by atoms with Crippen molar-refractivity contribution in [1.29, 1.82) is 0 Å². The number of rotatable bonds is 5. The molecule has 0 spiro atoms. The van der Waals surface area contributed by atoms with Gasteiger partial charge in [0.1, 0.15) is 0 Å². The van der Waals surface area contributed by atoms with Crippen molar-refractivity contribution in [2.24, 2.45) is 0 Å². The van der Waals surface area contributed by atoms with Crippen LogP contribution >= 0.6 is 0 Å². The molecule has 1 rings (SSSR count). The van der Waals surface area contributed by atoms with E-state index in [1.54, 1.807) is 6.92 Å². The van der Waals surface area contributed by atoms with Gasteiger partial charge in [-0.1, -0.05) is 19.3 Å². The van der Waals surface area contributed by atoms with E-state index in [2.05, 4.69) is 0 Å². The molecule has 1 atom stereocenters. The van der Waals surface area contributed by atoms with Gasteiger partial charge in [-0.25, -0.2) is 0 Å². The van der Waals surface area contributed by atoms with Gasteiger partial charge in [-0.05, 0) is 19.8 Å². The molecule has 0 amide bonds. The fourth-order valence-corrected chi connectivity index (χ4v) is 3.47. The minimum Gasteiger partial charge on any atom is -0.466 e. The van der Waals surface area contributed by atoms with Crippen LogP contribution in [0.25, 0.3) is 0 Å². The molecular formula is C11H20O3S. The first-order chi connectivity index (χ1) is 7.24. The smallest absolute Gasteiger partial charge is 0.306 e. The lowest BCUT2D eigenvalue weighted by molar-refractivity contribution is -0.142. The van der Waals surface area contributed by atoms with E-state index in [-0.39, 0.29) is 5.97 Å². The summed E-state index contributed by atoms with van der Waals surface area (Å²) < 4.78 is 16.6. The molecule has 0 bridgehead atoms. The summed E-state index contributed by atoms with van der Waals surface area (Å²) in [6.07, 6.45) is 6.08. The van der Waals surface area contributed by atoms with Gasteiger partial charge < -0.3 is 4.74 Å². The zero-order valence-corrected chi connectivity index (χ0v) is 10.2. The summed E-state index contributed by atoms with van der Waals surface area (Å²) >= 11 is 0. The Bertz CT molecular complexity index is 222. The molecule has 4 heteroatoms. The van der Waals surface area contributed by atoms with E-state index in [0.29, 0.717) is 24.0 Å². The highest BCUT2D eigenvalue weighted by Gasteiger charge is 2.20. The van der Waals surface area contributed by atoms with Crippen molar-refractivity contribution in [3.63, 3.8) is 0 Å². The van der Waals surface area contributed by atoms with E-state index in [9.17, 15) is 9.00 Å². The molecule has 1 unspecified atom stereocenters. The van der Waals surface area contributed by atoms with E-state index >= 15 is 0 Å². The summed E-state index contributed by atoms with van der Waals surface area (Å²) in [4.78, 5) is 11.1. The first-order valence-electron chi connectivity index (χ1n) is 5.77. The molecule has 0 aromatic heterocycles. The summed E-state index contributed by atoms with van der Waals surface area (Å²) in [6.45, 7) is 2.20. The number of carbonyl (C=O) groups is 1. The second kappa shape index (κ2) is 6.99. The molecule has 0 aliphatic heterocycles. The van der Waals surface area contributed by atoms with E-state index in [1.165, 1.54) is 19.3 Å². The van der Waals surface area contributed by atoms with Crippen LogP contribution in [0.4, 0.5) is 0 Å². The SMILES string of the molecule is CCOC(=O)CCS(=O)C1CCCCC1. The molecule has 0 heterocycles. The van der Waals surface area contributed by atoms with E-state index in [4.69, 9.17) is 4.74 Å². The second-order valence-electron chi connectivity index (χ2n) is 3.90. The molecule has 0 aromatic carbocycles. The Hall–Kier alpha value is -0.380. The molecular weight excluding hydrogens is 212 g/mol. The van der Waals surface area contributed by atoms with Gasteiger partial charge in [0.25, 0.3) is 0 Å². The second-order valence-corrected chi connectivity index (χ2v) is 5.74. The minimum atomic E-state index is -0.831. The normalized spacial score (nSPS) is 19.8. The summed E-state index contributed by atoms with van der Waals surface area (Å²) in [5, 5.41) is 0.327. The summed E-state index contributed by atoms with van der Waals surface area (Å²) in [5.74, 6) is 0.255. The molecule has 1 fully saturated rings. The third kappa shape index (κ3) is 4.78. The molecule has 0 saturated heterocycles. The van der Waals surface area contributed by atoms with Gasteiger partial charge in [0.2, 0.25) is 0 Å². The molecule has 1 aliphatic carbocycles. The Morgan fingerprint density at radius 2 is 2.00 bits per heavy atom. The van der Waals surface area contributed by atoms with Crippen molar-refractivity contribution in [2.45, 2.75) is 50.7 Å². The van der Waals surface area contributed by atoms with E-state index in [0.717, 1.165) is 12.8 Å². The third-order valence-corrected chi connectivity index (χ3v) is 4.56. The predicted molar refractivity (Wildman–Crippen MR) is 61.1 cm³/mol. The monoisotopic (exact) mass is 232 g/mol. The average Bonchev–Trinajstić information content (AvgIpc) is 2.27. The Morgan fingerprint density at radius 3 is 2.60 bits per heavy atom. The number of esters is 1. The highest BCUT2D eigenvalue weighted by Crippen LogP contribution is 2.22. The molecule has 3 nitrogen and oxygen atoms in total. The quantitative estimate of drug-likeness (QED) is 0.681. The fourth-order valence-electron chi connectivity index (χ4n) is 1.91. The van der Waals surface area contributed by atoms with Crippen LogP contribution in [0.2, 0.25) is 0 Å². The number of hydrogen-bond donors (Lipinski definition) is 0. The fraction of sp³-hybridized carbons (Fsp3) is 0.909. The Kier molecular flexibility index (Phi) is 5.91. The van der Waals surface area contributed by atoms with Crippen LogP contribution in [-0.2, 0) is 20.3 Å². The van der Waals surface area contributed by atoms with Crippen LogP contribution in [-0.4, -0.2) is 27.8 Å². The minimum absolute atomic E-state index is 0.221. The standard InChI is InChI=1S/C11H20O3S/c1-2-14-11(12)8-9-15(13)10-6-4-3-5-7-10/h10H,2-9H2,1H3. The van der Waals surface area contributed by atoms with Crippen LogP contribution in [0.5, 0.6) is 0 Å². The van der Waals surface area contributed by atoms with Crippen molar-refractivity contribution in [1.82, 2.24) is 0 Å². The lowest BCUT2D eigenvalue weighted by Gasteiger charge is -2.20. The molecule has 88 valence electrons. The molecule has 15 heavy (non-hydrogen) atoms. The van der Waals surface area contributed by atoms with Gasteiger partial charge in [0, 0.05) is 21.8 Å². The van der Waals surface area contributed by atoms with Crippen LogP contribution in [0.1, 0.15) is 45.4 Å². The number of carbonyl (C=O) groups excluding carboxylic acids is 1. The zero-order chi connectivity index (χ0) is 11.1. The number of hydrogen-bond acceptors (Lipinski definition) is 3. The van der Waals surface area contributed by atoms with Crippen molar-refractivity contribution in [3.05, 3.63) is 0 Å². The van der Waals surface area contributed by atoms with Gasteiger partial charge in [-0.3, -0.25) is 9.00 Å². The average molecular weight is 232 g/mol. The highest BCUT2D eigenvalue weighted by atomic mass is 32.2. The van der Waals surface area contributed by atoms with Gasteiger partial charge in [0.05, 0.1) is 13.0 Å². The van der Waals surface area contributed by atoms with Crippen molar-refractivity contribution >= 4 is 16.8 Å². The topological polar surface area (TPSA) is 43.4 Å². The third-order valence-electron chi connectivity index (χ3n) is 2.74. The van der Waals surface area contributed by atoms with Crippen molar-refractivity contribution < 1.29 is 13.7 Å². The Morgan fingerprint density at radius 1 is 1.33 bits per heavy atom. The lowest BCUT2D eigenvalue weighted by Crippen LogP contribution is -2.22. The Balaban J connectivity index is 2.19. The van der Waals surface area contributed by atoms with E-state index in [1.807, 2.05) is 0 Å². The van der Waals surface area contributed by atoms with Gasteiger partial charge in [-0.15, -0.1) is 0 Å². The van der Waals surface area contributed by atoms with Gasteiger partial charge >= 0.3 is 5.97 Å². The molecule has 1 saturated carbocycles. The van der Waals surface area contributed by atoms with Gasteiger partial charge in [0.15, 0.2) is 0 Å². The Labute approximate surface area is 94.0 Å². The maximum Gasteiger partial charge on any atom is 0.306 e. The van der Waals surface area contributed by atoms with Crippen LogP contribution in [0.3, 0.4) is 0 Å². The largest absolute Gasteiger partial charge is 0.466 e.